The van der Waals surface area contributed by atoms with E-state index in [1.165, 1.54) is 0 Å². The van der Waals surface area contributed by atoms with Crippen molar-refractivity contribution in [2.45, 2.75) is 38.8 Å². The van der Waals surface area contributed by atoms with Gasteiger partial charge in [-0.15, -0.1) is 0 Å². The van der Waals surface area contributed by atoms with Crippen LogP contribution in [0.15, 0.2) is 36.4 Å². The fourth-order valence-electron chi connectivity index (χ4n) is 4.45. The minimum absolute atomic E-state index is 0.00649. The molecular weight excluding hydrogens is 366 g/mol. The average molecular weight is 389 g/mol. The molecule has 148 valence electrons. The standard InChI is InChI=1S/C22H23N5O2/c1-12-20(26-19-5-3-4-17(25-19)22(24)29)16-10-14(11-23)6-9-18(16)27(13(2)28)21(12)15-7-8-15/h3-6,9-10,12,15,20-21H,7-8H2,1-2H3,(H2,24,29)(H,25,26)/t12-,20-,21-/m1/s1. The molecular formula is C22H23N5O2. The summed E-state index contributed by atoms with van der Waals surface area (Å²) in [4.78, 5) is 30.3. The van der Waals surface area contributed by atoms with Crippen LogP contribution in [0.3, 0.4) is 0 Å². The average Bonchev–Trinajstić information content (AvgIpc) is 3.54. The number of pyridine rings is 1. The molecule has 0 spiro atoms. The highest BCUT2D eigenvalue weighted by molar-refractivity contribution is 5.94. The van der Waals surface area contributed by atoms with Crippen molar-refractivity contribution in [1.29, 1.82) is 5.26 Å². The Morgan fingerprint density at radius 1 is 1.28 bits per heavy atom. The van der Waals surface area contributed by atoms with Crippen molar-refractivity contribution in [1.82, 2.24) is 4.98 Å². The number of rotatable bonds is 4. The Bertz CT molecular complexity index is 1020. The van der Waals surface area contributed by atoms with Gasteiger partial charge in [0.2, 0.25) is 5.91 Å². The monoisotopic (exact) mass is 389 g/mol. The molecule has 3 N–H and O–H groups in total. The Hall–Kier alpha value is -3.40. The van der Waals surface area contributed by atoms with E-state index in [4.69, 9.17) is 5.73 Å². The maximum Gasteiger partial charge on any atom is 0.267 e. The van der Waals surface area contributed by atoms with Gasteiger partial charge in [0.15, 0.2) is 0 Å². The van der Waals surface area contributed by atoms with Crippen molar-refractivity contribution >= 4 is 23.3 Å². The lowest BCUT2D eigenvalue weighted by molar-refractivity contribution is -0.117. The Balaban J connectivity index is 1.81. The summed E-state index contributed by atoms with van der Waals surface area (Å²) in [6, 6.07) is 12.6. The van der Waals surface area contributed by atoms with E-state index in [1.54, 1.807) is 31.2 Å². The topological polar surface area (TPSA) is 112 Å². The minimum Gasteiger partial charge on any atom is -0.364 e. The molecule has 1 aromatic heterocycles. The lowest BCUT2D eigenvalue weighted by atomic mass is 9.79. The van der Waals surface area contributed by atoms with E-state index < -0.39 is 5.91 Å². The Morgan fingerprint density at radius 3 is 2.66 bits per heavy atom. The first-order chi connectivity index (χ1) is 13.9. The van der Waals surface area contributed by atoms with Gasteiger partial charge in [-0.1, -0.05) is 13.0 Å². The molecule has 2 heterocycles. The maximum absolute atomic E-state index is 12.6. The third-order valence-corrected chi connectivity index (χ3v) is 5.86. The molecule has 0 unspecified atom stereocenters. The lowest BCUT2D eigenvalue weighted by Crippen LogP contribution is -2.51. The molecule has 1 aromatic carbocycles. The van der Waals surface area contributed by atoms with Crippen molar-refractivity contribution in [2.24, 2.45) is 17.6 Å². The van der Waals surface area contributed by atoms with E-state index in [0.717, 1.165) is 24.1 Å². The number of amides is 2. The second-order valence-corrected chi connectivity index (χ2v) is 7.86. The number of hydrogen-bond acceptors (Lipinski definition) is 5. The molecule has 2 amide bonds. The van der Waals surface area contributed by atoms with E-state index in [1.807, 2.05) is 17.0 Å². The van der Waals surface area contributed by atoms with Crippen LogP contribution in [0.4, 0.5) is 11.5 Å². The molecule has 0 bridgehead atoms. The summed E-state index contributed by atoms with van der Waals surface area (Å²) in [6.07, 6.45) is 2.21. The number of carbonyl (C=O) groups is 2. The molecule has 2 aliphatic rings. The fraction of sp³-hybridized carbons (Fsp3) is 0.364. The normalized spacial score (nSPS) is 23.1. The zero-order chi connectivity index (χ0) is 20.7. The second-order valence-electron chi connectivity index (χ2n) is 7.86. The van der Waals surface area contributed by atoms with Gasteiger partial charge in [0.1, 0.15) is 11.5 Å². The number of aromatic nitrogens is 1. The number of nitrogens with two attached hydrogens (primary N) is 1. The van der Waals surface area contributed by atoms with E-state index in [0.29, 0.717) is 17.3 Å². The third kappa shape index (κ3) is 3.42. The van der Waals surface area contributed by atoms with Gasteiger partial charge >= 0.3 is 0 Å². The summed E-state index contributed by atoms with van der Waals surface area (Å²) in [7, 11) is 0. The van der Waals surface area contributed by atoms with Crippen molar-refractivity contribution in [3.8, 4) is 6.07 Å². The number of benzene rings is 1. The van der Waals surface area contributed by atoms with Crippen LogP contribution in [0.25, 0.3) is 0 Å². The van der Waals surface area contributed by atoms with E-state index in [-0.39, 0.29) is 29.6 Å². The van der Waals surface area contributed by atoms with Crippen LogP contribution in [-0.4, -0.2) is 22.8 Å². The smallest absolute Gasteiger partial charge is 0.267 e. The minimum atomic E-state index is -0.587. The molecule has 0 radical (unpaired) electrons. The van der Waals surface area contributed by atoms with Gasteiger partial charge in [0.25, 0.3) is 5.91 Å². The number of nitriles is 1. The van der Waals surface area contributed by atoms with Crippen LogP contribution in [0.1, 0.15) is 54.3 Å². The molecule has 4 rings (SSSR count). The highest BCUT2D eigenvalue weighted by Gasteiger charge is 2.47. The zero-order valence-electron chi connectivity index (χ0n) is 16.4. The van der Waals surface area contributed by atoms with Crippen LogP contribution in [0, 0.1) is 23.2 Å². The molecule has 1 aliphatic heterocycles. The number of nitrogens with one attached hydrogen (secondary N) is 1. The molecule has 1 saturated carbocycles. The number of primary amides is 1. The first-order valence-corrected chi connectivity index (χ1v) is 9.78. The van der Waals surface area contributed by atoms with Crippen LogP contribution >= 0.6 is 0 Å². The van der Waals surface area contributed by atoms with Crippen LogP contribution in [-0.2, 0) is 4.79 Å². The number of fused-ring (bicyclic) bond motifs is 1. The largest absolute Gasteiger partial charge is 0.364 e. The Kier molecular flexibility index (Phi) is 4.71. The van der Waals surface area contributed by atoms with Gasteiger partial charge in [0, 0.05) is 24.6 Å². The van der Waals surface area contributed by atoms with Gasteiger partial charge in [-0.2, -0.15) is 5.26 Å². The van der Waals surface area contributed by atoms with Gasteiger partial charge in [-0.3, -0.25) is 9.59 Å². The zero-order valence-corrected chi connectivity index (χ0v) is 16.4. The fourth-order valence-corrected chi connectivity index (χ4v) is 4.45. The van der Waals surface area contributed by atoms with Crippen molar-refractivity contribution in [3.05, 3.63) is 53.2 Å². The number of hydrogen-bond donors (Lipinski definition) is 2. The first-order valence-electron chi connectivity index (χ1n) is 9.78. The molecule has 7 heteroatoms. The molecule has 3 atom stereocenters. The summed E-state index contributed by atoms with van der Waals surface area (Å²) >= 11 is 0. The van der Waals surface area contributed by atoms with E-state index in [9.17, 15) is 14.9 Å². The molecule has 1 fully saturated rings. The quantitative estimate of drug-likeness (QED) is 0.835. The highest BCUT2D eigenvalue weighted by atomic mass is 16.2. The van der Waals surface area contributed by atoms with Gasteiger partial charge in [-0.25, -0.2) is 4.98 Å². The molecule has 29 heavy (non-hydrogen) atoms. The van der Waals surface area contributed by atoms with Gasteiger partial charge in [0.05, 0.1) is 17.7 Å². The molecule has 1 aliphatic carbocycles. The summed E-state index contributed by atoms with van der Waals surface area (Å²) in [5.74, 6) is 0.513. The second kappa shape index (κ2) is 7.21. The summed E-state index contributed by atoms with van der Waals surface area (Å²) in [6.45, 7) is 3.71. The Labute approximate surface area is 169 Å². The predicted octanol–water partition coefficient (Wildman–Crippen LogP) is 2.99. The first kappa shape index (κ1) is 18.9. The van der Waals surface area contributed by atoms with E-state index in [2.05, 4.69) is 23.3 Å². The number of anilines is 2. The van der Waals surface area contributed by atoms with Crippen molar-refractivity contribution < 1.29 is 9.59 Å². The highest BCUT2D eigenvalue weighted by Crippen LogP contribution is 2.50. The maximum atomic E-state index is 12.6. The SMILES string of the molecule is CC(=O)N1c2ccc(C#N)cc2[C@H](Nc2cccc(C(N)=O)n2)[C@@H](C)[C@@H]1C1CC1. The van der Waals surface area contributed by atoms with Crippen LogP contribution in [0.2, 0.25) is 0 Å². The number of carbonyl (C=O) groups excluding carboxylic acids is 2. The summed E-state index contributed by atoms with van der Waals surface area (Å²) in [5.41, 5.74) is 7.81. The molecule has 2 aromatic rings. The summed E-state index contributed by atoms with van der Waals surface area (Å²) in [5, 5.41) is 12.8. The van der Waals surface area contributed by atoms with Crippen LogP contribution < -0.4 is 16.0 Å². The summed E-state index contributed by atoms with van der Waals surface area (Å²) < 4.78 is 0. The third-order valence-electron chi connectivity index (χ3n) is 5.86. The lowest BCUT2D eigenvalue weighted by Gasteiger charge is -2.45. The molecule has 7 nitrogen and oxygen atoms in total. The molecule has 0 saturated heterocycles. The Morgan fingerprint density at radius 2 is 2.03 bits per heavy atom. The van der Waals surface area contributed by atoms with E-state index >= 15 is 0 Å². The van der Waals surface area contributed by atoms with Gasteiger partial charge in [-0.05, 0) is 54.7 Å². The van der Waals surface area contributed by atoms with Crippen molar-refractivity contribution in [2.75, 3.05) is 10.2 Å². The van der Waals surface area contributed by atoms with Gasteiger partial charge < -0.3 is 16.0 Å². The predicted molar refractivity (Wildman–Crippen MR) is 109 cm³/mol. The van der Waals surface area contributed by atoms with Crippen molar-refractivity contribution in [3.63, 3.8) is 0 Å². The van der Waals surface area contributed by atoms with Crippen LogP contribution in [0.5, 0.6) is 0 Å². The number of nitrogens with zero attached hydrogens (tertiary/aromatic N) is 3.